The van der Waals surface area contributed by atoms with Crippen molar-refractivity contribution in [3.05, 3.63) is 35.9 Å². The number of carbonyl (C=O) groups is 1. The Labute approximate surface area is 114 Å². The summed E-state index contributed by atoms with van der Waals surface area (Å²) in [5, 5.41) is 0.998. The minimum Gasteiger partial charge on any atom is -0.359 e. The molecule has 0 aliphatic carbocycles. The Morgan fingerprint density at radius 1 is 1.26 bits per heavy atom. The fourth-order valence-corrected chi connectivity index (χ4v) is 2.30. The number of fused-ring (bicyclic) bond motifs is 1. The summed E-state index contributed by atoms with van der Waals surface area (Å²) < 4.78 is 0. The van der Waals surface area contributed by atoms with E-state index in [2.05, 4.69) is 30.7 Å². The molecule has 19 heavy (non-hydrogen) atoms. The van der Waals surface area contributed by atoms with Crippen molar-refractivity contribution >= 4 is 23.0 Å². The lowest BCUT2D eigenvalue weighted by atomic mass is 9.96. The molecule has 0 fully saturated rings. The Morgan fingerprint density at radius 3 is 2.58 bits per heavy atom. The molecule has 1 heterocycles. The molecule has 0 saturated carbocycles. The van der Waals surface area contributed by atoms with Gasteiger partial charge in [-0.25, -0.2) is 4.98 Å². The van der Waals surface area contributed by atoms with Crippen LogP contribution in [0, 0.1) is 5.41 Å². The molecule has 3 nitrogen and oxygen atoms in total. The second-order valence-electron chi connectivity index (χ2n) is 6.13. The van der Waals surface area contributed by atoms with E-state index in [1.807, 2.05) is 37.4 Å². The van der Waals surface area contributed by atoms with Gasteiger partial charge in [0, 0.05) is 19.0 Å². The van der Waals surface area contributed by atoms with E-state index in [0.717, 1.165) is 29.6 Å². The quantitative estimate of drug-likeness (QED) is 0.788. The minimum absolute atomic E-state index is 0.155. The number of aldehydes is 1. The largest absolute Gasteiger partial charge is 0.359 e. The van der Waals surface area contributed by atoms with Crippen molar-refractivity contribution in [2.45, 2.75) is 20.8 Å². The highest BCUT2D eigenvalue weighted by Crippen LogP contribution is 2.24. The summed E-state index contributed by atoms with van der Waals surface area (Å²) in [5.41, 5.74) is 1.72. The van der Waals surface area contributed by atoms with E-state index in [1.165, 1.54) is 0 Å². The first-order chi connectivity index (χ1) is 8.90. The van der Waals surface area contributed by atoms with Gasteiger partial charge in [-0.15, -0.1) is 0 Å². The molecule has 0 radical (unpaired) electrons. The lowest BCUT2D eigenvalue weighted by Crippen LogP contribution is -2.30. The van der Waals surface area contributed by atoms with E-state index >= 15 is 0 Å². The molecule has 2 rings (SSSR count). The summed E-state index contributed by atoms with van der Waals surface area (Å²) in [6.45, 7) is 7.36. The van der Waals surface area contributed by atoms with Gasteiger partial charge < -0.3 is 4.90 Å². The average molecular weight is 256 g/mol. The lowest BCUT2D eigenvalue weighted by Gasteiger charge is -2.28. The van der Waals surface area contributed by atoms with Crippen LogP contribution in [0.25, 0.3) is 10.9 Å². The highest BCUT2D eigenvalue weighted by Gasteiger charge is 2.17. The molecule has 2 aromatic rings. The normalized spacial score (nSPS) is 11.6. The molecule has 1 aromatic heterocycles. The zero-order chi connectivity index (χ0) is 14.0. The van der Waals surface area contributed by atoms with Crippen LogP contribution in [-0.4, -0.2) is 24.9 Å². The molecule has 0 aliphatic heterocycles. The van der Waals surface area contributed by atoms with Crippen LogP contribution in [-0.2, 0) is 0 Å². The number of rotatable bonds is 3. The number of carbonyl (C=O) groups excluding carboxylic acids is 1. The van der Waals surface area contributed by atoms with Crippen LogP contribution in [0.3, 0.4) is 0 Å². The van der Waals surface area contributed by atoms with Crippen LogP contribution in [0.5, 0.6) is 0 Å². The third-order valence-corrected chi connectivity index (χ3v) is 2.93. The maximum absolute atomic E-state index is 11.3. The topological polar surface area (TPSA) is 33.2 Å². The molecule has 0 aliphatic rings. The minimum atomic E-state index is 0.155. The summed E-state index contributed by atoms with van der Waals surface area (Å²) in [5.74, 6) is 0.753. The zero-order valence-electron chi connectivity index (χ0n) is 12.0. The van der Waals surface area contributed by atoms with Crippen molar-refractivity contribution in [2.24, 2.45) is 5.41 Å². The molecule has 0 amide bonds. The number of pyridine rings is 1. The standard InChI is InChI=1S/C16H20N2O/c1-16(2,3)11-18(4)15-13(10-19)9-12-7-5-6-8-14(12)17-15/h5-10H,11H2,1-4H3. The van der Waals surface area contributed by atoms with E-state index in [9.17, 15) is 4.79 Å². The molecule has 0 N–H and O–H groups in total. The van der Waals surface area contributed by atoms with Crippen LogP contribution < -0.4 is 4.90 Å². The second-order valence-corrected chi connectivity index (χ2v) is 6.13. The predicted octanol–water partition coefficient (Wildman–Crippen LogP) is 3.53. The van der Waals surface area contributed by atoms with Crippen molar-refractivity contribution < 1.29 is 4.79 Å². The highest BCUT2D eigenvalue weighted by atomic mass is 16.1. The van der Waals surface area contributed by atoms with E-state index in [4.69, 9.17) is 0 Å². The first kappa shape index (κ1) is 13.5. The van der Waals surface area contributed by atoms with Gasteiger partial charge in [0.1, 0.15) is 5.82 Å². The fraction of sp³-hybridized carbons (Fsp3) is 0.375. The maximum Gasteiger partial charge on any atom is 0.153 e. The summed E-state index contributed by atoms with van der Waals surface area (Å²) in [6.07, 6.45) is 0.883. The van der Waals surface area contributed by atoms with Gasteiger partial charge in [0.25, 0.3) is 0 Å². The van der Waals surface area contributed by atoms with Gasteiger partial charge in [0.05, 0.1) is 11.1 Å². The lowest BCUT2D eigenvalue weighted by molar-refractivity contribution is 0.112. The highest BCUT2D eigenvalue weighted by molar-refractivity contribution is 5.91. The smallest absolute Gasteiger partial charge is 0.153 e. The third kappa shape index (κ3) is 3.11. The molecule has 100 valence electrons. The summed E-state index contributed by atoms with van der Waals surface area (Å²) in [7, 11) is 1.98. The van der Waals surface area contributed by atoms with Gasteiger partial charge in [-0.05, 0) is 17.5 Å². The number of hydrogen-bond acceptors (Lipinski definition) is 3. The Hall–Kier alpha value is -1.90. The van der Waals surface area contributed by atoms with Crippen molar-refractivity contribution in [1.82, 2.24) is 4.98 Å². The number of anilines is 1. The third-order valence-electron chi connectivity index (χ3n) is 2.93. The van der Waals surface area contributed by atoms with Crippen LogP contribution in [0.15, 0.2) is 30.3 Å². The first-order valence-corrected chi connectivity index (χ1v) is 6.47. The maximum atomic E-state index is 11.3. The molecule has 0 saturated heterocycles. The number of para-hydroxylation sites is 1. The van der Waals surface area contributed by atoms with Crippen molar-refractivity contribution in [1.29, 1.82) is 0 Å². The number of aromatic nitrogens is 1. The molecular weight excluding hydrogens is 236 g/mol. The van der Waals surface area contributed by atoms with Crippen LogP contribution in [0.4, 0.5) is 5.82 Å². The number of benzene rings is 1. The molecule has 1 aromatic carbocycles. The number of nitrogens with zero attached hydrogens (tertiary/aromatic N) is 2. The van der Waals surface area contributed by atoms with Gasteiger partial charge in [-0.3, -0.25) is 4.79 Å². The average Bonchev–Trinajstić information content (AvgIpc) is 2.35. The summed E-state index contributed by atoms with van der Waals surface area (Å²) in [4.78, 5) is 18.0. The van der Waals surface area contributed by atoms with Gasteiger partial charge >= 0.3 is 0 Å². The molecule has 0 spiro atoms. The van der Waals surface area contributed by atoms with Crippen molar-refractivity contribution in [2.75, 3.05) is 18.5 Å². The van der Waals surface area contributed by atoms with E-state index in [1.54, 1.807) is 0 Å². The second kappa shape index (κ2) is 5.00. The molecule has 0 unspecified atom stereocenters. The van der Waals surface area contributed by atoms with Crippen LogP contribution in [0.2, 0.25) is 0 Å². The van der Waals surface area contributed by atoms with Gasteiger partial charge in [-0.1, -0.05) is 39.0 Å². The van der Waals surface area contributed by atoms with Crippen molar-refractivity contribution in [3.63, 3.8) is 0 Å². The SMILES string of the molecule is CN(CC(C)(C)C)c1nc2ccccc2cc1C=O. The molecule has 0 bridgehead atoms. The molecule has 0 atom stereocenters. The molecular formula is C16H20N2O. The summed E-state index contributed by atoms with van der Waals surface area (Å²) in [6, 6.07) is 9.77. The Balaban J connectivity index is 2.49. The number of hydrogen-bond donors (Lipinski definition) is 0. The molecule has 3 heteroatoms. The van der Waals surface area contributed by atoms with Gasteiger partial charge in [0.15, 0.2) is 6.29 Å². The summed E-state index contributed by atoms with van der Waals surface area (Å²) >= 11 is 0. The Kier molecular flexibility index (Phi) is 3.56. The monoisotopic (exact) mass is 256 g/mol. The van der Waals surface area contributed by atoms with Crippen LogP contribution in [0.1, 0.15) is 31.1 Å². The Morgan fingerprint density at radius 2 is 1.95 bits per heavy atom. The van der Waals surface area contributed by atoms with Gasteiger partial charge in [0.2, 0.25) is 0 Å². The van der Waals surface area contributed by atoms with E-state index < -0.39 is 0 Å². The van der Waals surface area contributed by atoms with Crippen LogP contribution >= 0.6 is 0 Å². The van der Waals surface area contributed by atoms with E-state index in [-0.39, 0.29) is 5.41 Å². The van der Waals surface area contributed by atoms with Gasteiger partial charge in [-0.2, -0.15) is 0 Å². The zero-order valence-corrected chi connectivity index (χ0v) is 12.0. The predicted molar refractivity (Wildman–Crippen MR) is 79.9 cm³/mol. The Bertz CT molecular complexity index is 599. The van der Waals surface area contributed by atoms with E-state index in [0.29, 0.717) is 5.56 Å². The fourth-order valence-electron chi connectivity index (χ4n) is 2.30. The first-order valence-electron chi connectivity index (χ1n) is 6.47. The van der Waals surface area contributed by atoms with Crippen molar-refractivity contribution in [3.8, 4) is 0 Å².